The van der Waals surface area contributed by atoms with Crippen molar-refractivity contribution in [1.82, 2.24) is 4.98 Å². The quantitative estimate of drug-likeness (QED) is 0.423. The van der Waals surface area contributed by atoms with Crippen LogP contribution in [-0.2, 0) is 0 Å². The molecule has 1 amide bonds. The second kappa shape index (κ2) is 8.00. The lowest BCUT2D eigenvalue weighted by atomic mass is 10.1. The third kappa shape index (κ3) is 3.72. The fraction of sp³-hybridized carbons (Fsp3) is 0.0909. The highest BCUT2D eigenvalue weighted by Gasteiger charge is 2.14. The Hall–Kier alpha value is -2.89. The largest absolute Gasteiger partial charge is 0.492 e. The predicted octanol–water partition coefficient (Wildman–Crippen LogP) is 6.27. The first-order valence-corrected chi connectivity index (χ1v) is 10.0. The van der Waals surface area contributed by atoms with Crippen molar-refractivity contribution in [2.75, 3.05) is 11.9 Å². The minimum atomic E-state index is -0.237. The average Bonchev–Trinajstić information content (AvgIpc) is 3.14. The van der Waals surface area contributed by atoms with Crippen molar-refractivity contribution in [1.29, 1.82) is 0 Å². The van der Waals surface area contributed by atoms with Gasteiger partial charge in [0.05, 0.1) is 27.5 Å². The van der Waals surface area contributed by atoms with Gasteiger partial charge in [0.25, 0.3) is 5.91 Å². The van der Waals surface area contributed by atoms with Crippen LogP contribution in [0.1, 0.15) is 17.3 Å². The first-order chi connectivity index (χ1) is 13.7. The second-order valence-electron chi connectivity index (χ2n) is 6.06. The van der Waals surface area contributed by atoms with Crippen LogP contribution in [0.5, 0.6) is 5.75 Å². The summed E-state index contributed by atoms with van der Waals surface area (Å²) in [5.74, 6) is 0.328. The van der Waals surface area contributed by atoms with Gasteiger partial charge in [0.15, 0.2) is 0 Å². The van der Waals surface area contributed by atoms with Crippen LogP contribution in [0.4, 0.5) is 5.69 Å². The van der Waals surface area contributed by atoms with Crippen LogP contribution < -0.4 is 10.1 Å². The van der Waals surface area contributed by atoms with E-state index in [0.29, 0.717) is 28.6 Å². The highest BCUT2D eigenvalue weighted by Crippen LogP contribution is 2.34. The Balaban J connectivity index is 1.64. The number of halogens is 1. The number of carbonyl (C=O) groups is 1. The maximum Gasteiger partial charge on any atom is 0.255 e. The molecule has 0 aliphatic rings. The summed E-state index contributed by atoms with van der Waals surface area (Å²) in [6, 6.07) is 20.7. The zero-order valence-corrected chi connectivity index (χ0v) is 16.7. The second-order valence-corrected chi connectivity index (χ2v) is 7.50. The van der Waals surface area contributed by atoms with E-state index >= 15 is 0 Å². The van der Waals surface area contributed by atoms with E-state index in [1.54, 1.807) is 29.5 Å². The standard InChI is InChI=1S/C22H17ClN2O2S/c1-2-27-19-12-11-14(13-16(19)23)21(26)24-17-8-4-3-7-15(17)22-25-18-9-5-6-10-20(18)28-22/h3-13H,2H2,1H3,(H,24,26). The molecule has 3 aromatic carbocycles. The highest BCUT2D eigenvalue weighted by atomic mass is 35.5. The Labute approximate surface area is 171 Å². The zero-order chi connectivity index (χ0) is 19.5. The van der Waals surface area contributed by atoms with E-state index in [-0.39, 0.29) is 5.91 Å². The molecule has 0 fully saturated rings. The molecule has 0 spiro atoms. The predicted molar refractivity (Wildman–Crippen MR) is 116 cm³/mol. The number of anilines is 1. The molecule has 4 rings (SSSR count). The first kappa shape index (κ1) is 18.5. The fourth-order valence-corrected chi connectivity index (χ4v) is 4.12. The number of fused-ring (bicyclic) bond motifs is 1. The summed E-state index contributed by atoms with van der Waals surface area (Å²) >= 11 is 7.81. The monoisotopic (exact) mass is 408 g/mol. The maximum absolute atomic E-state index is 12.8. The number of hydrogen-bond acceptors (Lipinski definition) is 4. The SMILES string of the molecule is CCOc1ccc(C(=O)Nc2ccccc2-c2nc3ccccc3s2)cc1Cl. The summed E-state index contributed by atoms with van der Waals surface area (Å²) in [5, 5.41) is 4.25. The van der Waals surface area contributed by atoms with E-state index in [1.807, 2.05) is 55.5 Å². The molecule has 0 radical (unpaired) electrons. The van der Waals surface area contributed by atoms with Crippen LogP contribution in [0, 0.1) is 0 Å². The van der Waals surface area contributed by atoms with Crippen molar-refractivity contribution in [3.8, 4) is 16.3 Å². The molecular weight excluding hydrogens is 392 g/mol. The van der Waals surface area contributed by atoms with Crippen LogP contribution in [0.3, 0.4) is 0 Å². The van der Waals surface area contributed by atoms with Crippen LogP contribution in [-0.4, -0.2) is 17.5 Å². The molecule has 0 aliphatic heterocycles. The zero-order valence-electron chi connectivity index (χ0n) is 15.1. The maximum atomic E-state index is 12.8. The van der Waals surface area contributed by atoms with E-state index < -0.39 is 0 Å². The van der Waals surface area contributed by atoms with Crippen molar-refractivity contribution in [3.05, 3.63) is 77.3 Å². The van der Waals surface area contributed by atoms with Crippen LogP contribution in [0.2, 0.25) is 5.02 Å². The summed E-state index contributed by atoms with van der Waals surface area (Å²) in [7, 11) is 0. The lowest BCUT2D eigenvalue weighted by Gasteiger charge is -2.11. The lowest BCUT2D eigenvalue weighted by molar-refractivity contribution is 0.102. The number of nitrogens with one attached hydrogen (secondary N) is 1. The molecule has 1 N–H and O–H groups in total. The molecule has 0 saturated carbocycles. The molecule has 0 aliphatic carbocycles. The number of benzene rings is 3. The molecule has 1 heterocycles. The Morgan fingerprint density at radius 1 is 1.11 bits per heavy atom. The molecule has 0 saturated heterocycles. The number of ether oxygens (including phenoxy) is 1. The minimum Gasteiger partial charge on any atom is -0.492 e. The van der Waals surface area contributed by atoms with Gasteiger partial charge >= 0.3 is 0 Å². The normalized spacial score (nSPS) is 10.8. The van der Waals surface area contributed by atoms with Gasteiger partial charge in [-0.15, -0.1) is 11.3 Å². The summed E-state index contributed by atoms with van der Waals surface area (Å²) in [4.78, 5) is 17.5. The van der Waals surface area contributed by atoms with Crippen LogP contribution in [0.15, 0.2) is 66.7 Å². The van der Waals surface area contributed by atoms with Crippen molar-refractivity contribution < 1.29 is 9.53 Å². The molecule has 4 nitrogen and oxygen atoms in total. The molecule has 140 valence electrons. The van der Waals surface area contributed by atoms with Gasteiger partial charge in [-0.25, -0.2) is 4.98 Å². The van der Waals surface area contributed by atoms with E-state index in [0.717, 1.165) is 20.8 Å². The van der Waals surface area contributed by atoms with E-state index in [1.165, 1.54) is 0 Å². The third-order valence-corrected chi connectivity index (χ3v) is 5.56. The van der Waals surface area contributed by atoms with Crippen LogP contribution >= 0.6 is 22.9 Å². The van der Waals surface area contributed by atoms with Crippen molar-refractivity contribution in [2.24, 2.45) is 0 Å². The molecule has 6 heteroatoms. The Morgan fingerprint density at radius 3 is 2.68 bits per heavy atom. The summed E-state index contributed by atoms with van der Waals surface area (Å²) < 4.78 is 6.53. The van der Waals surface area contributed by atoms with Gasteiger partial charge in [0.2, 0.25) is 0 Å². The number of amides is 1. The first-order valence-electron chi connectivity index (χ1n) is 8.84. The van der Waals surface area contributed by atoms with Gasteiger partial charge in [-0.1, -0.05) is 35.9 Å². The highest BCUT2D eigenvalue weighted by molar-refractivity contribution is 7.21. The molecule has 4 aromatic rings. The number of hydrogen-bond donors (Lipinski definition) is 1. The Kier molecular flexibility index (Phi) is 5.28. The van der Waals surface area contributed by atoms with E-state index in [2.05, 4.69) is 5.32 Å². The Bertz CT molecular complexity index is 1120. The number of carbonyl (C=O) groups excluding carboxylic acids is 1. The topological polar surface area (TPSA) is 51.2 Å². The number of thiazole rings is 1. The van der Waals surface area contributed by atoms with Gasteiger partial charge in [0.1, 0.15) is 10.8 Å². The van der Waals surface area contributed by atoms with Gasteiger partial charge in [-0.2, -0.15) is 0 Å². The Morgan fingerprint density at radius 2 is 1.89 bits per heavy atom. The number of rotatable bonds is 5. The molecule has 0 atom stereocenters. The molecule has 0 bridgehead atoms. The average molecular weight is 409 g/mol. The smallest absolute Gasteiger partial charge is 0.255 e. The van der Waals surface area contributed by atoms with E-state index in [4.69, 9.17) is 21.3 Å². The minimum absolute atomic E-state index is 0.237. The van der Waals surface area contributed by atoms with Gasteiger partial charge in [-0.3, -0.25) is 4.79 Å². The molecular formula is C22H17ClN2O2S. The summed E-state index contributed by atoms with van der Waals surface area (Å²) in [6.45, 7) is 2.40. The van der Waals surface area contributed by atoms with Gasteiger partial charge < -0.3 is 10.1 Å². The molecule has 28 heavy (non-hydrogen) atoms. The number of aromatic nitrogens is 1. The molecule has 0 unspecified atom stereocenters. The van der Waals surface area contributed by atoms with Crippen molar-refractivity contribution in [2.45, 2.75) is 6.92 Å². The summed E-state index contributed by atoms with van der Waals surface area (Å²) in [5.41, 5.74) is 3.00. The fourth-order valence-electron chi connectivity index (χ4n) is 2.88. The lowest BCUT2D eigenvalue weighted by Crippen LogP contribution is -2.12. The van der Waals surface area contributed by atoms with Crippen molar-refractivity contribution >= 4 is 44.7 Å². The number of nitrogens with zero attached hydrogens (tertiary/aromatic N) is 1. The van der Waals surface area contributed by atoms with Crippen LogP contribution in [0.25, 0.3) is 20.8 Å². The summed E-state index contributed by atoms with van der Waals surface area (Å²) in [6.07, 6.45) is 0. The van der Waals surface area contributed by atoms with E-state index in [9.17, 15) is 4.79 Å². The number of para-hydroxylation sites is 2. The van der Waals surface area contributed by atoms with Gasteiger partial charge in [-0.05, 0) is 49.4 Å². The molecule has 1 aromatic heterocycles. The van der Waals surface area contributed by atoms with Crippen molar-refractivity contribution in [3.63, 3.8) is 0 Å². The third-order valence-electron chi connectivity index (χ3n) is 4.19. The van der Waals surface area contributed by atoms with Gasteiger partial charge in [0, 0.05) is 11.1 Å².